The molecule has 1 aromatic heterocycles. The fourth-order valence-corrected chi connectivity index (χ4v) is 4.55. The second kappa shape index (κ2) is 7.41. The molecule has 0 bridgehead atoms. The van der Waals surface area contributed by atoms with Crippen molar-refractivity contribution in [3.05, 3.63) is 41.9 Å². The SMILES string of the molecule is Cc1oc(C(=O)Nc2ccc(NC(N)=O)cc2)cc1S(=O)(=O)N1CCCC1. The van der Waals surface area contributed by atoms with Gasteiger partial charge in [-0.2, -0.15) is 4.31 Å². The van der Waals surface area contributed by atoms with E-state index in [1.165, 1.54) is 17.3 Å². The molecule has 10 heteroatoms. The molecule has 0 saturated carbocycles. The number of nitrogens with two attached hydrogens (primary N) is 1. The van der Waals surface area contributed by atoms with Crippen LogP contribution in [0.3, 0.4) is 0 Å². The molecule has 1 fully saturated rings. The second-order valence-electron chi connectivity index (χ2n) is 6.16. The zero-order valence-electron chi connectivity index (χ0n) is 14.7. The summed E-state index contributed by atoms with van der Waals surface area (Å²) < 4.78 is 32.1. The number of rotatable bonds is 5. The van der Waals surface area contributed by atoms with E-state index in [0.717, 1.165) is 12.8 Å². The molecule has 3 amide bonds. The Morgan fingerprint density at radius 2 is 1.63 bits per heavy atom. The predicted octanol–water partition coefficient (Wildman–Crippen LogP) is 2.12. The molecule has 0 unspecified atom stereocenters. The lowest BCUT2D eigenvalue weighted by molar-refractivity contribution is 0.0995. The highest BCUT2D eigenvalue weighted by molar-refractivity contribution is 7.89. The number of primary amides is 1. The second-order valence-corrected chi connectivity index (χ2v) is 8.07. The van der Waals surface area contributed by atoms with Crippen molar-refractivity contribution in [2.45, 2.75) is 24.7 Å². The molecule has 3 rings (SSSR count). The first-order valence-electron chi connectivity index (χ1n) is 8.36. The minimum absolute atomic E-state index is 0.00977. The summed E-state index contributed by atoms with van der Waals surface area (Å²) >= 11 is 0. The third-order valence-corrected chi connectivity index (χ3v) is 6.20. The van der Waals surface area contributed by atoms with Gasteiger partial charge in [-0.25, -0.2) is 13.2 Å². The van der Waals surface area contributed by atoms with Crippen molar-refractivity contribution in [1.82, 2.24) is 4.31 Å². The van der Waals surface area contributed by atoms with E-state index in [2.05, 4.69) is 10.6 Å². The maximum atomic E-state index is 12.7. The fraction of sp³-hybridized carbons (Fsp3) is 0.294. The van der Waals surface area contributed by atoms with Crippen LogP contribution in [0.4, 0.5) is 16.2 Å². The molecule has 4 N–H and O–H groups in total. The Hall–Kier alpha value is -2.85. The van der Waals surface area contributed by atoms with E-state index in [-0.39, 0.29) is 16.4 Å². The number of benzene rings is 1. The van der Waals surface area contributed by atoms with Crippen LogP contribution in [0.25, 0.3) is 0 Å². The van der Waals surface area contributed by atoms with Gasteiger partial charge in [-0.05, 0) is 44.0 Å². The van der Waals surface area contributed by atoms with Gasteiger partial charge in [-0.1, -0.05) is 0 Å². The van der Waals surface area contributed by atoms with Gasteiger partial charge >= 0.3 is 6.03 Å². The third kappa shape index (κ3) is 4.12. The molecule has 0 radical (unpaired) electrons. The summed E-state index contributed by atoms with van der Waals surface area (Å²) in [5, 5.41) is 5.02. The van der Waals surface area contributed by atoms with Crippen LogP contribution in [-0.4, -0.2) is 37.8 Å². The molecule has 0 atom stereocenters. The molecular weight excluding hydrogens is 372 g/mol. The van der Waals surface area contributed by atoms with Crippen molar-refractivity contribution in [3.8, 4) is 0 Å². The number of carbonyl (C=O) groups is 2. The van der Waals surface area contributed by atoms with E-state index in [4.69, 9.17) is 10.2 Å². The molecule has 2 heterocycles. The molecule has 0 aliphatic carbocycles. The lowest BCUT2D eigenvalue weighted by Gasteiger charge is -2.14. The maximum absolute atomic E-state index is 12.7. The van der Waals surface area contributed by atoms with E-state index >= 15 is 0 Å². The van der Waals surface area contributed by atoms with Gasteiger partial charge in [-0.3, -0.25) is 4.79 Å². The Labute approximate surface area is 156 Å². The van der Waals surface area contributed by atoms with Gasteiger partial charge < -0.3 is 20.8 Å². The van der Waals surface area contributed by atoms with E-state index in [9.17, 15) is 18.0 Å². The summed E-state index contributed by atoms with van der Waals surface area (Å²) in [6, 6.07) is 6.83. The Morgan fingerprint density at radius 1 is 1.07 bits per heavy atom. The van der Waals surface area contributed by atoms with Gasteiger partial charge in [-0.15, -0.1) is 0 Å². The molecule has 2 aromatic rings. The number of hydrogen-bond acceptors (Lipinski definition) is 5. The van der Waals surface area contributed by atoms with Crippen LogP contribution in [0.15, 0.2) is 39.6 Å². The van der Waals surface area contributed by atoms with E-state index in [1.807, 2.05) is 0 Å². The van der Waals surface area contributed by atoms with Crippen LogP contribution >= 0.6 is 0 Å². The normalized spacial score (nSPS) is 14.9. The number of aryl methyl sites for hydroxylation is 1. The first-order chi connectivity index (χ1) is 12.8. The van der Waals surface area contributed by atoms with Gasteiger partial charge in [0.25, 0.3) is 5.91 Å². The van der Waals surface area contributed by atoms with Gasteiger partial charge in [0.15, 0.2) is 5.76 Å². The Kier molecular flexibility index (Phi) is 5.19. The number of sulfonamides is 1. The Morgan fingerprint density at radius 3 is 2.19 bits per heavy atom. The van der Waals surface area contributed by atoms with Crippen LogP contribution in [0.5, 0.6) is 0 Å². The number of hydrogen-bond donors (Lipinski definition) is 3. The minimum atomic E-state index is -3.66. The van der Waals surface area contributed by atoms with Crippen LogP contribution in [0, 0.1) is 6.92 Å². The molecule has 9 nitrogen and oxygen atoms in total. The number of nitrogens with zero attached hydrogens (tertiary/aromatic N) is 1. The highest BCUT2D eigenvalue weighted by atomic mass is 32.2. The summed E-state index contributed by atoms with van der Waals surface area (Å²) in [6.45, 7) is 2.46. The molecule has 144 valence electrons. The maximum Gasteiger partial charge on any atom is 0.316 e. The first-order valence-corrected chi connectivity index (χ1v) is 9.80. The molecule has 1 aliphatic rings. The summed E-state index contributed by atoms with van der Waals surface area (Å²) in [5.41, 5.74) is 5.96. The van der Waals surface area contributed by atoms with Gasteiger partial charge in [0, 0.05) is 30.5 Å². The Balaban J connectivity index is 1.75. The third-order valence-electron chi connectivity index (χ3n) is 4.19. The smallest absolute Gasteiger partial charge is 0.316 e. The highest BCUT2D eigenvalue weighted by Crippen LogP contribution is 2.27. The average molecular weight is 392 g/mol. The van der Waals surface area contributed by atoms with E-state index in [1.54, 1.807) is 24.3 Å². The van der Waals surface area contributed by atoms with Crippen molar-refractivity contribution >= 4 is 33.3 Å². The van der Waals surface area contributed by atoms with Gasteiger partial charge in [0.05, 0.1) is 0 Å². The van der Waals surface area contributed by atoms with Crippen molar-refractivity contribution in [3.63, 3.8) is 0 Å². The molecule has 1 saturated heterocycles. The first kappa shape index (κ1) is 18.9. The number of nitrogens with one attached hydrogen (secondary N) is 2. The minimum Gasteiger partial charge on any atom is -0.455 e. The summed E-state index contributed by atoms with van der Waals surface area (Å²) in [4.78, 5) is 23.2. The number of carbonyl (C=O) groups excluding carboxylic acids is 2. The highest BCUT2D eigenvalue weighted by Gasteiger charge is 2.31. The Bertz CT molecular complexity index is 960. The summed E-state index contributed by atoms with van der Waals surface area (Å²) in [5.74, 6) is -0.491. The van der Waals surface area contributed by atoms with Crippen molar-refractivity contribution in [2.24, 2.45) is 5.73 Å². The number of anilines is 2. The van der Waals surface area contributed by atoms with Crippen molar-refractivity contribution < 1.29 is 22.4 Å². The number of furan rings is 1. The van der Waals surface area contributed by atoms with Gasteiger partial charge in [0.2, 0.25) is 10.0 Å². The molecular formula is C17H20N4O5S. The lowest BCUT2D eigenvalue weighted by atomic mass is 10.2. The monoisotopic (exact) mass is 392 g/mol. The van der Waals surface area contributed by atoms with Crippen LogP contribution in [0.2, 0.25) is 0 Å². The molecule has 0 spiro atoms. The predicted molar refractivity (Wildman–Crippen MR) is 99.0 cm³/mol. The molecule has 1 aliphatic heterocycles. The fourth-order valence-electron chi connectivity index (χ4n) is 2.87. The topological polar surface area (TPSA) is 135 Å². The largest absolute Gasteiger partial charge is 0.455 e. The zero-order valence-corrected chi connectivity index (χ0v) is 15.5. The van der Waals surface area contributed by atoms with Crippen LogP contribution < -0.4 is 16.4 Å². The standard InChI is InChI=1S/C17H20N4O5S/c1-11-15(27(24,25)21-8-2-3-9-21)10-14(26-11)16(22)19-12-4-6-13(7-5-12)20-17(18)23/h4-7,10H,2-3,8-9H2,1H3,(H,19,22)(H3,18,20,23). The van der Waals surface area contributed by atoms with Gasteiger partial charge in [0.1, 0.15) is 10.7 Å². The number of amides is 3. The quantitative estimate of drug-likeness (QED) is 0.716. The number of urea groups is 1. The van der Waals surface area contributed by atoms with E-state index < -0.39 is 22.0 Å². The summed E-state index contributed by atoms with van der Waals surface area (Å²) in [7, 11) is -3.66. The molecule has 27 heavy (non-hydrogen) atoms. The average Bonchev–Trinajstić information content (AvgIpc) is 3.26. The lowest BCUT2D eigenvalue weighted by Crippen LogP contribution is -2.28. The van der Waals surface area contributed by atoms with E-state index in [0.29, 0.717) is 24.5 Å². The van der Waals surface area contributed by atoms with Crippen LogP contribution in [0.1, 0.15) is 29.2 Å². The zero-order chi connectivity index (χ0) is 19.6. The molecule has 1 aromatic carbocycles. The van der Waals surface area contributed by atoms with Crippen molar-refractivity contribution in [1.29, 1.82) is 0 Å². The summed E-state index contributed by atoms with van der Waals surface area (Å²) in [6.07, 6.45) is 1.65. The van der Waals surface area contributed by atoms with Crippen molar-refractivity contribution in [2.75, 3.05) is 23.7 Å². The van der Waals surface area contributed by atoms with Crippen LogP contribution in [-0.2, 0) is 10.0 Å².